The Morgan fingerprint density at radius 2 is 1.59 bits per heavy atom. The van der Waals surface area contributed by atoms with Gasteiger partial charge in [-0.2, -0.15) is 0 Å². The van der Waals surface area contributed by atoms with Gasteiger partial charge in [0, 0.05) is 24.2 Å². The number of carbonyl (C=O) groups is 1. The second-order valence-corrected chi connectivity index (χ2v) is 6.68. The predicted octanol–water partition coefficient (Wildman–Crippen LogP) is 5.40. The zero-order valence-electron chi connectivity index (χ0n) is 16.1. The molecule has 1 aromatic heterocycles. The van der Waals surface area contributed by atoms with Crippen LogP contribution in [0.1, 0.15) is 5.56 Å². The van der Waals surface area contributed by atoms with Crippen molar-refractivity contribution in [2.75, 3.05) is 11.9 Å². The van der Waals surface area contributed by atoms with E-state index < -0.39 is 11.7 Å². The number of para-hydroxylation sites is 1. The summed E-state index contributed by atoms with van der Waals surface area (Å²) in [7, 11) is 1.63. The van der Waals surface area contributed by atoms with E-state index in [0.29, 0.717) is 22.6 Å². The Morgan fingerprint density at radius 3 is 2.28 bits per heavy atom. The molecular weight excluding hydrogens is 366 g/mol. The van der Waals surface area contributed by atoms with Gasteiger partial charge in [0.2, 0.25) is 0 Å². The van der Waals surface area contributed by atoms with Gasteiger partial charge < -0.3 is 9.15 Å². The Kier molecular flexibility index (Phi) is 4.87. The fourth-order valence-corrected chi connectivity index (χ4v) is 3.26. The third kappa shape index (κ3) is 3.62. The lowest BCUT2D eigenvalue weighted by Gasteiger charge is -2.17. The van der Waals surface area contributed by atoms with E-state index in [4.69, 9.17) is 9.15 Å². The lowest BCUT2D eigenvalue weighted by atomic mass is 10.00. The summed E-state index contributed by atoms with van der Waals surface area (Å²) in [5.74, 6) is 0.306. The summed E-state index contributed by atoms with van der Waals surface area (Å²) in [5, 5.41) is 0.791. The SMILES string of the molecule is Cc1c(-c2ccccc2)c(=O)oc2cc(OC(=O)N(C)c3ccccc3)ccc12. The highest BCUT2D eigenvalue weighted by Gasteiger charge is 2.16. The van der Waals surface area contributed by atoms with Crippen LogP contribution in [0.15, 0.2) is 88.1 Å². The van der Waals surface area contributed by atoms with Gasteiger partial charge in [0.25, 0.3) is 0 Å². The first-order valence-electron chi connectivity index (χ1n) is 9.18. The predicted molar refractivity (Wildman–Crippen MR) is 114 cm³/mol. The first-order chi connectivity index (χ1) is 14.0. The number of aryl methyl sites for hydroxylation is 1. The number of hydrogen-bond donors (Lipinski definition) is 0. The summed E-state index contributed by atoms with van der Waals surface area (Å²) in [6.07, 6.45) is -0.532. The number of anilines is 1. The minimum atomic E-state index is -0.532. The molecule has 0 unspecified atom stereocenters. The molecule has 3 aromatic carbocycles. The fraction of sp³-hybridized carbons (Fsp3) is 0.0833. The molecule has 0 radical (unpaired) electrons. The Morgan fingerprint density at radius 1 is 0.931 bits per heavy atom. The maximum Gasteiger partial charge on any atom is 0.419 e. The number of amides is 1. The van der Waals surface area contributed by atoms with Crippen LogP contribution in [0.4, 0.5) is 10.5 Å². The number of nitrogens with zero attached hydrogens (tertiary/aromatic N) is 1. The highest BCUT2D eigenvalue weighted by Crippen LogP contribution is 2.29. The molecule has 0 aliphatic heterocycles. The van der Waals surface area contributed by atoms with Crippen LogP contribution in [0.2, 0.25) is 0 Å². The van der Waals surface area contributed by atoms with E-state index in [1.54, 1.807) is 25.2 Å². The van der Waals surface area contributed by atoms with Crippen LogP contribution in [0, 0.1) is 6.92 Å². The van der Waals surface area contributed by atoms with E-state index in [0.717, 1.165) is 16.5 Å². The van der Waals surface area contributed by atoms with Crippen LogP contribution >= 0.6 is 0 Å². The van der Waals surface area contributed by atoms with Crippen molar-refractivity contribution < 1.29 is 13.9 Å². The van der Waals surface area contributed by atoms with Crippen molar-refractivity contribution in [2.45, 2.75) is 6.92 Å². The smallest absolute Gasteiger partial charge is 0.419 e. The van der Waals surface area contributed by atoms with E-state index in [1.807, 2.05) is 67.6 Å². The molecule has 5 heteroatoms. The molecule has 4 rings (SSSR count). The van der Waals surface area contributed by atoms with Crippen molar-refractivity contribution in [3.8, 4) is 16.9 Å². The quantitative estimate of drug-likeness (QED) is 0.443. The molecule has 0 saturated carbocycles. The number of fused-ring (bicyclic) bond motifs is 1. The molecule has 0 spiro atoms. The summed E-state index contributed by atoms with van der Waals surface area (Å²) in [6.45, 7) is 1.89. The van der Waals surface area contributed by atoms with Crippen molar-refractivity contribution in [1.29, 1.82) is 0 Å². The van der Waals surface area contributed by atoms with Crippen LogP contribution in [0.25, 0.3) is 22.1 Å². The minimum absolute atomic E-state index is 0.306. The average molecular weight is 385 g/mol. The van der Waals surface area contributed by atoms with Crippen molar-refractivity contribution in [2.24, 2.45) is 0 Å². The van der Waals surface area contributed by atoms with Gasteiger partial charge in [0.1, 0.15) is 11.3 Å². The number of carbonyl (C=O) groups excluding carboxylic acids is 1. The summed E-state index contributed by atoms with van der Waals surface area (Å²) < 4.78 is 11.0. The van der Waals surface area contributed by atoms with Crippen LogP contribution in [0.5, 0.6) is 5.75 Å². The molecule has 0 fully saturated rings. The molecule has 0 aliphatic carbocycles. The van der Waals surface area contributed by atoms with Crippen LogP contribution in [-0.4, -0.2) is 13.1 Å². The van der Waals surface area contributed by atoms with E-state index >= 15 is 0 Å². The van der Waals surface area contributed by atoms with E-state index in [-0.39, 0.29) is 0 Å². The normalized spacial score (nSPS) is 10.7. The van der Waals surface area contributed by atoms with Gasteiger partial charge in [0.05, 0.1) is 5.56 Å². The molecule has 29 heavy (non-hydrogen) atoms. The van der Waals surface area contributed by atoms with Crippen molar-refractivity contribution in [1.82, 2.24) is 0 Å². The van der Waals surface area contributed by atoms with Gasteiger partial charge in [-0.05, 0) is 42.3 Å². The Bertz CT molecular complexity index is 1230. The molecule has 144 valence electrons. The molecular formula is C24H19NO4. The second-order valence-electron chi connectivity index (χ2n) is 6.68. The summed E-state index contributed by atoms with van der Waals surface area (Å²) in [6, 6.07) is 23.7. The zero-order chi connectivity index (χ0) is 20.4. The topological polar surface area (TPSA) is 59.8 Å². The molecule has 1 heterocycles. The summed E-state index contributed by atoms with van der Waals surface area (Å²) in [4.78, 5) is 26.4. The van der Waals surface area contributed by atoms with Gasteiger partial charge in [-0.3, -0.25) is 4.90 Å². The first-order valence-corrected chi connectivity index (χ1v) is 9.18. The molecule has 0 saturated heterocycles. The fourth-order valence-electron chi connectivity index (χ4n) is 3.26. The van der Waals surface area contributed by atoms with Crippen molar-refractivity contribution in [3.05, 3.63) is 94.8 Å². The molecule has 0 bridgehead atoms. The zero-order valence-corrected chi connectivity index (χ0v) is 16.1. The van der Waals surface area contributed by atoms with Gasteiger partial charge in [-0.1, -0.05) is 48.5 Å². The average Bonchev–Trinajstić information content (AvgIpc) is 2.74. The number of rotatable bonds is 3. The lowest BCUT2D eigenvalue weighted by Crippen LogP contribution is -2.29. The maximum absolute atomic E-state index is 12.6. The first kappa shape index (κ1) is 18.5. The second kappa shape index (κ2) is 7.64. The standard InChI is InChI=1S/C24H19NO4/c1-16-20-14-13-19(28-24(27)25(2)18-11-7-4-8-12-18)15-21(20)29-23(26)22(16)17-9-5-3-6-10-17/h3-15H,1-2H3. The summed E-state index contributed by atoms with van der Waals surface area (Å²) in [5.41, 5.74) is 2.83. The molecule has 0 atom stereocenters. The highest BCUT2D eigenvalue weighted by molar-refractivity contribution is 5.90. The monoisotopic (exact) mass is 385 g/mol. The van der Waals surface area contributed by atoms with Gasteiger partial charge >= 0.3 is 11.7 Å². The molecule has 1 amide bonds. The largest absolute Gasteiger partial charge is 0.422 e. The Hall–Kier alpha value is -3.86. The van der Waals surface area contributed by atoms with Crippen molar-refractivity contribution in [3.63, 3.8) is 0 Å². The van der Waals surface area contributed by atoms with E-state index in [1.165, 1.54) is 4.90 Å². The van der Waals surface area contributed by atoms with Crippen LogP contribution < -0.4 is 15.3 Å². The summed E-state index contributed by atoms with van der Waals surface area (Å²) >= 11 is 0. The van der Waals surface area contributed by atoms with Gasteiger partial charge in [-0.15, -0.1) is 0 Å². The van der Waals surface area contributed by atoms with Crippen LogP contribution in [-0.2, 0) is 0 Å². The van der Waals surface area contributed by atoms with Crippen molar-refractivity contribution >= 4 is 22.7 Å². The van der Waals surface area contributed by atoms with E-state index in [2.05, 4.69) is 0 Å². The lowest BCUT2D eigenvalue weighted by molar-refractivity contribution is 0.209. The van der Waals surface area contributed by atoms with Crippen LogP contribution in [0.3, 0.4) is 0 Å². The number of ether oxygens (including phenoxy) is 1. The van der Waals surface area contributed by atoms with E-state index in [9.17, 15) is 9.59 Å². The number of hydrogen-bond acceptors (Lipinski definition) is 4. The highest BCUT2D eigenvalue weighted by atomic mass is 16.6. The van der Waals surface area contributed by atoms with Gasteiger partial charge in [0.15, 0.2) is 0 Å². The van der Waals surface area contributed by atoms with Gasteiger partial charge in [-0.25, -0.2) is 9.59 Å². The Balaban J connectivity index is 1.67. The number of benzene rings is 3. The molecule has 0 N–H and O–H groups in total. The Labute approximate surface area is 167 Å². The molecule has 4 aromatic rings. The third-order valence-corrected chi connectivity index (χ3v) is 4.82. The minimum Gasteiger partial charge on any atom is -0.422 e. The maximum atomic E-state index is 12.6. The molecule has 5 nitrogen and oxygen atoms in total. The third-order valence-electron chi connectivity index (χ3n) is 4.82. The molecule has 0 aliphatic rings.